The first-order chi connectivity index (χ1) is 17.6. The summed E-state index contributed by atoms with van der Waals surface area (Å²) in [7, 11) is 0. The number of fused-ring (bicyclic) bond motifs is 1. The molecule has 0 spiro atoms. The summed E-state index contributed by atoms with van der Waals surface area (Å²) in [6, 6.07) is 14.3. The normalized spacial score (nSPS) is 23.8. The Morgan fingerprint density at radius 2 is 1.67 bits per heavy atom. The zero-order chi connectivity index (χ0) is 25.0. The fraction of sp³-hybridized carbons (Fsp3) is 0.586. The molecule has 0 bridgehead atoms. The quantitative estimate of drug-likeness (QED) is 0.595. The van der Waals surface area contributed by atoms with Crippen LogP contribution in [0.25, 0.3) is 11.3 Å². The molecule has 2 amide bonds. The molecule has 1 aromatic heterocycles. The van der Waals surface area contributed by atoms with Crippen LogP contribution in [0.5, 0.6) is 0 Å². The maximum Gasteiger partial charge on any atom is 0.271 e. The van der Waals surface area contributed by atoms with Crippen molar-refractivity contribution in [3.8, 4) is 11.3 Å². The van der Waals surface area contributed by atoms with Crippen LogP contribution in [-0.4, -0.2) is 77.2 Å². The van der Waals surface area contributed by atoms with Crippen LogP contribution in [0.4, 0.5) is 0 Å². The average molecular weight is 493 g/mol. The van der Waals surface area contributed by atoms with Crippen molar-refractivity contribution in [1.29, 1.82) is 0 Å². The summed E-state index contributed by atoms with van der Waals surface area (Å²) in [6.45, 7) is 7.28. The summed E-state index contributed by atoms with van der Waals surface area (Å²) in [5, 5.41) is 3.37. The van der Waals surface area contributed by atoms with Crippen molar-refractivity contribution in [3.63, 3.8) is 0 Å². The second-order valence-corrected chi connectivity index (χ2v) is 10.8. The number of nitrogens with one attached hydrogen (secondary N) is 1. The summed E-state index contributed by atoms with van der Waals surface area (Å²) in [6.07, 6.45) is 7.68. The van der Waals surface area contributed by atoms with E-state index in [0.29, 0.717) is 18.8 Å². The molecule has 1 saturated heterocycles. The SMILES string of the molecule is CC1(C(=O)NC2CCCCCC2)Cn2c(ccc2-c2ccccc2)C(=O)N1CCCN1CCOCC1. The maximum atomic E-state index is 14.0. The van der Waals surface area contributed by atoms with Gasteiger partial charge in [0.05, 0.1) is 19.8 Å². The van der Waals surface area contributed by atoms with E-state index in [-0.39, 0.29) is 17.9 Å². The Morgan fingerprint density at radius 3 is 2.39 bits per heavy atom. The van der Waals surface area contributed by atoms with Crippen molar-refractivity contribution in [2.24, 2.45) is 0 Å². The molecular weight excluding hydrogens is 452 g/mol. The fourth-order valence-corrected chi connectivity index (χ4v) is 6.03. The summed E-state index contributed by atoms with van der Waals surface area (Å²) in [4.78, 5) is 32.1. The maximum absolute atomic E-state index is 14.0. The van der Waals surface area contributed by atoms with Gasteiger partial charge in [-0.3, -0.25) is 14.5 Å². The molecule has 7 heteroatoms. The van der Waals surface area contributed by atoms with Gasteiger partial charge in [-0.25, -0.2) is 0 Å². The van der Waals surface area contributed by atoms with E-state index >= 15 is 0 Å². The van der Waals surface area contributed by atoms with Gasteiger partial charge in [-0.2, -0.15) is 0 Å². The van der Waals surface area contributed by atoms with Gasteiger partial charge in [-0.1, -0.05) is 56.0 Å². The molecule has 1 aliphatic carbocycles. The second-order valence-electron chi connectivity index (χ2n) is 10.8. The molecule has 194 valence electrons. The molecule has 5 rings (SSSR count). The smallest absolute Gasteiger partial charge is 0.271 e. The van der Waals surface area contributed by atoms with Gasteiger partial charge in [0, 0.05) is 37.9 Å². The lowest BCUT2D eigenvalue weighted by molar-refractivity contribution is -0.133. The number of nitrogens with zero attached hydrogens (tertiary/aromatic N) is 3. The Morgan fingerprint density at radius 1 is 0.972 bits per heavy atom. The molecule has 3 heterocycles. The average Bonchev–Trinajstić information content (AvgIpc) is 3.15. The van der Waals surface area contributed by atoms with E-state index in [1.54, 1.807) is 0 Å². The van der Waals surface area contributed by atoms with Crippen LogP contribution in [-0.2, 0) is 16.1 Å². The molecule has 7 nitrogen and oxygen atoms in total. The third kappa shape index (κ3) is 5.23. The minimum atomic E-state index is -0.941. The van der Waals surface area contributed by atoms with Crippen LogP contribution in [0.3, 0.4) is 0 Å². The largest absolute Gasteiger partial charge is 0.379 e. The van der Waals surface area contributed by atoms with Gasteiger partial charge in [0.25, 0.3) is 5.91 Å². The molecule has 1 unspecified atom stereocenters. The molecule has 1 atom stereocenters. The van der Waals surface area contributed by atoms with Crippen molar-refractivity contribution in [2.45, 2.75) is 70.0 Å². The Labute approximate surface area is 214 Å². The van der Waals surface area contributed by atoms with Gasteiger partial charge >= 0.3 is 0 Å². The molecule has 1 N–H and O–H groups in total. The molecule has 1 saturated carbocycles. The zero-order valence-corrected chi connectivity index (χ0v) is 21.6. The highest BCUT2D eigenvalue weighted by Gasteiger charge is 2.48. The van der Waals surface area contributed by atoms with Crippen molar-refractivity contribution < 1.29 is 14.3 Å². The number of hydrogen-bond acceptors (Lipinski definition) is 4. The van der Waals surface area contributed by atoms with E-state index in [1.165, 1.54) is 12.8 Å². The molecular formula is C29H40N4O3. The number of carbonyl (C=O) groups excluding carboxylic acids is 2. The predicted octanol–water partition coefficient (Wildman–Crippen LogP) is 3.93. The van der Waals surface area contributed by atoms with E-state index in [2.05, 4.69) is 26.9 Å². The Balaban J connectivity index is 1.40. The molecule has 0 radical (unpaired) electrons. The highest BCUT2D eigenvalue weighted by molar-refractivity contribution is 6.00. The topological polar surface area (TPSA) is 66.8 Å². The monoisotopic (exact) mass is 492 g/mol. The number of amides is 2. The van der Waals surface area contributed by atoms with Crippen LogP contribution in [0, 0.1) is 0 Å². The van der Waals surface area contributed by atoms with E-state index in [9.17, 15) is 9.59 Å². The molecule has 2 fully saturated rings. The van der Waals surface area contributed by atoms with Gasteiger partial charge in [0.15, 0.2) is 0 Å². The number of ether oxygens (including phenoxy) is 1. The van der Waals surface area contributed by atoms with Gasteiger partial charge in [0.1, 0.15) is 11.2 Å². The van der Waals surface area contributed by atoms with Crippen LogP contribution in [0.15, 0.2) is 42.5 Å². The molecule has 3 aliphatic rings. The number of morpholine rings is 1. The summed E-state index contributed by atoms with van der Waals surface area (Å²) < 4.78 is 7.53. The highest BCUT2D eigenvalue weighted by atomic mass is 16.5. The van der Waals surface area contributed by atoms with E-state index in [1.807, 2.05) is 42.2 Å². The standard InChI is InChI=1S/C29H40N4O3/c1-29(28(35)30-24-12-7-2-3-8-13-24)22-32-25(23-10-5-4-6-11-23)14-15-26(32)27(34)33(29)17-9-16-31-18-20-36-21-19-31/h4-6,10-11,14-15,24H,2-3,7-9,12-13,16-22H2,1H3,(H,30,35). The molecule has 36 heavy (non-hydrogen) atoms. The van der Waals surface area contributed by atoms with E-state index < -0.39 is 5.54 Å². The van der Waals surface area contributed by atoms with Crippen LogP contribution in [0.1, 0.15) is 62.4 Å². The fourth-order valence-electron chi connectivity index (χ4n) is 6.03. The number of rotatable bonds is 7. The lowest BCUT2D eigenvalue weighted by atomic mass is 9.93. The van der Waals surface area contributed by atoms with Crippen LogP contribution >= 0.6 is 0 Å². The summed E-state index contributed by atoms with van der Waals surface area (Å²) in [5.74, 6) is -0.0728. The van der Waals surface area contributed by atoms with Gasteiger partial charge in [-0.05, 0) is 43.9 Å². The van der Waals surface area contributed by atoms with Crippen molar-refractivity contribution in [1.82, 2.24) is 19.7 Å². The Kier molecular flexibility index (Phi) is 7.77. The van der Waals surface area contributed by atoms with Crippen molar-refractivity contribution in [2.75, 3.05) is 39.4 Å². The third-order valence-corrected chi connectivity index (χ3v) is 8.22. The minimum Gasteiger partial charge on any atom is -0.379 e. The Bertz CT molecular complexity index is 1040. The number of benzene rings is 1. The number of hydrogen-bond donors (Lipinski definition) is 1. The summed E-state index contributed by atoms with van der Waals surface area (Å²) >= 11 is 0. The predicted molar refractivity (Wildman–Crippen MR) is 141 cm³/mol. The van der Waals surface area contributed by atoms with Gasteiger partial charge in [0.2, 0.25) is 5.91 Å². The third-order valence-electron chi connectivity index (χ3n) is 8.22. The zero-order valence-electron chi connectivity index (χ0n) is 21.6. The lowest BCUT2D eigenvalue weighted by Crippen LogP contribution is -2.65. The first kappa shape index (κ1) is 25.0. The van der Waals surface area contributed by atoms with E-state index in [4.69, 9.17) is 4.74 Å². The second kappa shape index (κ2) is 11.2. The van der Waals surface area contributed by atoms with E-state index in [0.717, 1.165) is 76.2 Å². The van der Waals surface area contributed by atoms with Crippen molar-refractivity contribution >= 4 is 11.8 Å². The Hall–Kier alpha value is -2.64. The van der Waals surface area contributed by atoms with Gasteiger partial charge < -0.3 is 19.5 Å². The van der Waals surface area contributed by atoms with Crippen LogP contribution in [0.2, 0.25) is 0 Å². The van der Waals surface area contributed by atoms with Gasteiger partial charge in [-0.15, -0.1) is 0 Å². The van der Waals surface area contributed by atoms with Crippen molar-refractivity contribution in [3.05, 3.63) is 48.2 Å². The highest BCUT2D eigenvalue weighted by Crippen LogP contribution is 2.33. The minimum absolute atomic E-state index is 0.0208. The lowest BCUT2D eigenvalue weighted by Gasteiger charge is -2.45. The first-order valence-electron chi connectivity index (χ1n) is 13.7. The number of aromatic nitrogens is 1. The molecule has 2 aromatic rings. The molecule has 2 aliphatic heterocycles. The summed E-state index contributed by atoms with van der Waals surface area (Å²) in [5.41, 5.74) is 1.77. The first-order valence-corrected chi connectivity index (χ1v) is 13.7. The number of carbonyl (C=O) groups is 2. The molecule has 1 aromatic carbocycles. The van der Waals surface area contributed by atoms with Crippen LogP contribution < -0.4 is 5.32 Å².